The van der Waals surface area contributed by atoms with Crippen LogP contribution in [0.1, 0.15) is 52.0 Å². The van der Waals surface area contributed by atoms with E-state index in [1.165, 1.54) is 5.56 Å². The predicted molar refractivity (Wildman–Crippen MR) is 134 cm³/mol. The summed E-state index contributed by atoms with van der Waals surface area (Å²) >= 11 is 1.65. The van der Waals surface area contributed by atoms with Gasteiger partial charge in [0.2, 0.25) is 0 Å². The fourth-order valence-corrected chi connectivity index (χ4v) is 5.57. The first kappa shape index (κ1) is 23.4. The molecule has 0 unspecified atom stereocenters. The van der Waals surface area contributed by atoms with Crippen molar-refractivity contribution in [1.82, 2.24) is 4.98 Å². The van der Waals surface area contributed by atoms with Crippen molar-refractivity contribution in [1.29, 1.82) is 0 Å². The Balaban J connectivity index is 1.27. The molecule has 0 spiro atoms. The lowest BCUT2D eigenvalue weighted by molar-refractivity contribution is -0.153. The van der Waals surface area contributed by atoms with E-state index in [0.717, 1.165) is 46.5 Å². The van der Waals surface area contributed by atoms with Crippen LogP contribution in [-0.2, 0) is 14.3 Å². The van der Waals surface area contributed by atoms with Gasteiger partial charge >= 0.3 is 5.97 Å². The lowest BCUT2D eigenvalue weighted by Crippen LogP contribution is -2.31. The van der Waals surface area contributed by atoms with Crippen molar-refractivity contribution in [2.24, 2.45) is 17.3 Å². The Morgan fingerprint density at radius 2 is 1.76 bits per heavy atom. The molecule has 0 radical (unpaired) electrons. The van der Waals surface area contributed by atoms with E-state index in [9.17, 15) is 9.59 Å². The number of carbonyl (C=O) groups is 2. The molecule has 0 bridgehead atoms. The normalized spacial score (nSPS) is 18.8. The molecule has 1 aliphatic rings. The largest absolute Gasteiger partial charge is 0.455 e. The fourth-order valence-electron chi connectivity index (χ4n) is 4.50. The number of amides is 1. The second-order valence-electron chi connectivity index (χ2n) is 10.1. The highest BCUT2D eigenvalue weighted by Gasteiger charge is 2.33. The number of fused-ring (bicyclic) bond motifs is 1. The highest BCUT2D eigenvalue weighted by atomic mass is 32.1. The van der Waals surface area contributed by atoms with Crippen LogP contribution < -0.4 is 5.32 Å². The molecule has 1 aliphatic carbocycles. The Bertz CT molecular complexity index is 1140. The predicted octanol–water partition coefficient (Wildman–Crippen LogP) is 6.61. The number of thiazole rings is 1. The van der Waals surface area contributed by atoms with Crippen molar-refractivity contribution in [2.75, 3.05) is 11.9 Å². The van der Waals surface area contributed by atoms with Gasteiger partial charge in [-0.1, -0.05) is 26.8 Å². The molecule has 5 nitrogen and oxygen atoms in total. The molecular weight excluding hydrogens is 432 g/mol. The van der Waals surface area contributed by atoms with Crippen LogP contribution >= 0.6 is 11.3 Å². The van der Waals surface area contributed by atoms with Crippen LogP contribution in [0.25, 0.3) is 20.8 Å². The van der Waals surface area contributed by atoms with Gasteiger partial charge in [0.15, 0.2) is 6.61 Å². The Hall–Kier alpha value is -2.73. The minimum absolute atomic E-state index is 0.0896. The molecule has 0 atom stereocenters. The molecule has 3 aromatic rings. The van der Waals surface area contributed by atoms with E-state index in [2.05, 4.69) is 45.1 Å². The van der Waals surface area contributed by atoms with Gasteiger partial charge in [-0.15, -0.1) is 11.3 Å². The number of nitrogens with zero attached hydrogens (tertiary/aromatic N) is 1. The van der Waals surface area contributed by atoms with Crippen molar-refractivity contribution in [3.63, 3.8) is 0 Å². The molecule has 33 heavy (non-hydrogen) atoms. The van der Waals surface area contributed by atoms with Crippen LogP contribution in [0.3, 0.4) is 0 Å². The molecular formula is C27H32N2O3S. The zero-order valence-corrected chi connectivity index (χ0v) is 20.6. The summed E-state index contributed by atoms with van der Waals surface area (Å²) in [5, 5.41) is 3.75. The van der Waals surface area contributed by atoms with Gasteiger partial charge in [-0.05, 0) is 85.9 Å². The number of carbonyl (C=O) groups excluding carboxylic acids is 2. The van der Waals surface area contributed by atoms with Crippen molar-refractivity contribution < 1.29 is 14.3 Å². The number of benzene rings is 2. The summed E-state index contributed by atoms with van der Waals surface area (Å²) in [5.74, 6) is -0.0261. The number of hydrogen-bond acceptors (Lipinski definition) is 5. The number of hydrogen-bond donors (Lipinski definition) is 1. The molecule has 4 rings (SSSR count). The van der Waals surface area contributed by atoms with Crippen LogP contribution in [0.2, 0.25) is 0 Å². The second kappa shape index (κ2) is 9.64. The van der Waals surface area contributed by atoms with Gasteiger partial charge in [0.1, 0.15) is 5.01 Å². The van der Waals surface area contributed by atoms with Crippen molar-refractivity contribution in [3.8, 4) is 10.6 Å². The Labute approximate surface area is 199 Å². The molecule has 1 fully saturated rings. The highest BCUT2D eigenvalue weighted by Crippen LogP contribution is 2.40. The minimum atomic E-state index is -0.324. The molecule has 1 heterocycles. The van der Waals surface area contributed by atoms with Crippen LogP contribution in [0.15, 0.2) is 42.5 Å². The molecule has 1 saturated carbocycles. The number of aryl methyl sites for hydroxylation is 1. The maximum Gasteiger partial charge on any atom is 0.309 e. The van der Waals surface area contributed by atoms with E-state index in [1.54, 1.807) is 11.3 Å². The van der Waals surface area contributed by atoms with Crippen LogP contribution in [-0.4, -0.2) is 23.5 Å². The Morgan fingerprint density at radius 3 is 2.42 bits per heavy atom. The fraction of sp³-hybridized carbons (Fsp3) is 0.444. The summed E-state index contributed by atoms with van der Waals surface area (Å²) in [6.45, 7) is 8.59. The summed E-state index contributed by atoms with van der Waals surface area (Å²) in [7, 11) is 0. The van der Waals surface area contributed by atoms with Crippen LogP contribution in [0.5, 0.6) is 0 Å². The molecule has 2 aromatic carbocycles. The lowest BCUT2D eigenvalue weighted by Gasteiger charge is -2.36. The van der Waals surface area contributed by atoms with Gasteiger partial charge in [-0.25, -0.2) is 4.98 Å². The average Bonchev–Trinajstić information content (AvgIpc) is 3.20. The lowest BCUT2D eigenvalue weighted by atomic mass is 9.70. The van der Waals surface area contributed by atoms with Gasteiger partial charge < -0.3 is 10.1 Å². The summed E-state index contributed by atoms with van der Waals surface area (Å²) in [6.07, 6.45) is 3.76. The Kier molecular flexibility index (Phi) is 6.84. The summed E-state index contributed by atoms with van der Waals surface area (Å²) < 4.78 is 6.48. The molecule has 1 aromatic heterocycles. The summed E-state index contributed by atoms with van der Waals surface area (Å²) in [4.78, 5) is 29.4. The first-order chi connectivity index (χ1) is 15.7. The molecule has 6 heteroatoms. The average molecular weight is 465 g/mol. The van der Waals surface area contributed by atoms with E-state index in [1.807, 2.05) is 30.3 Å². The maximum absolute atomic E-state index is 12.4. The molecule has 1 amide bonds. The SMILES string of the molecule is Cc1ccc2nc(-c3ccc(NC(=O)COC(=O)C4CCC(C(C)(C)C)CC4)cc3)sc2c1. The van der Waals surface area contributed by atoms with Gasteiger partial charge in [0, 0.05) is 11.3 Å². The minimum Gasteiger partial charge on any atom is -0.455 e. The maximum atomic E-state index is 12.4. The van der Waals surface area contributed by atoms with E-state index >= 15 is 0 Å². The second-order valence-corrected chi connectivity index (χ2v) is 11.2. The molecule has 0 saturated heterocycles. The van der Waals surface area contributed by atoms with E-state index in [-0.39, 0.29) is 29.8 Å². The number of rotatable bonds is 5. The third-order valence-corrected chi connectivity index (χ3v) is 7.66. The quantitative estimate of drug-likeness (QED) is 0.432. The standard InChI is InChI=1S/C27H32N2O3S/c1-17-5-14-22-23(15-17)33-25(29-22)18-8-12-21(13-9-18)28-24(30)16-32-26(31)19-6-10-20(11-7-19)27(2,3)4/h5,8-9,12-15,19-20H,6-7,10-11,16H2,1-4H3,(H,28,30). The van der Waals surface area contributed by atoms with E-state index < -0.39 is 0 Å². The monoisotopic (exact) mass is 464 g/mol. The van der Waals surface area contributed by atoms with Gasteiger partial charge in [-0.2, -0.15) is 0 Å². The molecule has 0 aliphatic heterocycles. The molecule has 174 valence electrons. The number of nitrogens with one attached hydrogen (secondary N) is 1. The zero-order valence-electron chi connectivity index (χ0n) is 19.8. The third kappa shape index (κ3) is 5.80. The third-order valence-electron chi connectivity index (χ3n) is 6.59. The van der Waals surface area contributed by atoms with Gasteiger partial charge in [-0.3, -0.25) is 9.59 Å². The van der Waals surface area contributed by atoms with Crippen LogP contribution in [0.4, 0.5) is 5.69 Å². The molecule has 1 N–H and O–H groups in total. The number of esters is 1. The number of anilines is 1. The van der Waals surface area contributed by atoms with E-state index in [4.69, 9.17) is 9.72 Å². The van der Waals surface area contributed by atoms with Crippen molar-refractivity contribution >= 4 is 39.1 Å². The summed E-state index contributed by atoms with van der Waals surface area (Å²) in [6, 6.07) is 13.8. The summed E-state index contributed by atoms with van der Waals surface area (Å²) in [5.41, 5.74) is 4.16. The number of aromatic nitrogens is 1. The zero-order chi connectivity index (χ0) is 23.6. The van der Waals surface area contributed by atoms with Crippen molar-refractivity contribution in [2.45, 2.75) is 53.4 Å². The van der Waals surface area contributed by atoms with Gasteiger partial charge in [0.25, 0.3) is 5.91 Å². The highest BCUT2D eigenvalue weighted by molar-refractivity contribution is 7.21. The Morgan fingerprint density at radius 1 is 1.06 bits per heavy atom. The van der Waals surface area contributed by atoms with Crippen LogP contribution in [0, 0.1) is 24.2 Å². The van der Waals surface area contributed by atoms with E-state index in [0.29, 0.717) is 11.6 Å². The topological polar surface area (TPSA) is 68.3 Å². The smallest absolute Gasteiger partial charge is 0.309 e. The first-order valence-corrected chi connectivity index (χ1v) is 12.4. The first-order valence-electron chi connectivity index (χ1n) is 11.6. The number of ether oxygens (including phenoxy) is 1. The van der Waals surface area contributed by atoms with Gasteiger partial charge in [0.05, 0.1) is 16.1 Å². The van der Waals surface area contributed by atoms with Crippen molar-refractivity contribution in [3.05, 3.63) is 48.0 Å².